The molecule has 0 radical (unpaired) electrons. The maximum atomic E-state index is 13.7. The highest BCUT2D eigenvalue weighted by Crippen LogP contribution is 2.32. The molecule has 0 saturated heterocycles. The summed E-state index contributed by atoms with van der Waals surface area (Å²) in [4.78, 5) is 0. The third-order valence-electron chi connectivity index (χ3n) is 3.26. The van der Waals surface area contributed by atoms with Gasteiger partial charge in [-0.1, -0.05) is 6.42 Å². The summed E-state index contributed by atoms with van der Waals surface area (Å²) in [6.45, 7) is 0. The average molecular weight is 268 g/mol. The van der Waals surface area contributed by atoms with Gasteiger partial charge in [-0.15, -0.1) is 0 Å². The van der Waals surface area contributed by atoms with Crippen LogP contribution in [-0.4, -0.2) is 17.5 Å². The standard InChI is InChI=1S/C13H14F2N2S/c1-18-12-4-2-3-11(12)17-13-9(14)5-8(7-16)6-10(13)15/h5-6,11-12,17H,2-4H2,1H3. The molecule has 2 nitrogen and oxygen atoms in total. The van der Waals surface area contributed by atoms with Crippen molar-refractivity contribution in [3.05, 3.63) is 29.3 Å². The summed E-state index contributed by atoms with van der Waals surface area (Å²) >= 11 is 1.72. The van der Waals surface area contributed by atoms with Crippen molar-refractivity contribution in [3.8, 4) is 6.07 Å². The van der Waals surface area contributed by atoms with Crippen molar-refractivity contribution in [2.24, 2.45) is 0 Å². The second kappa shape index (κ2) is 5.57. The molecule has 96 valence electrons. The minimum absolute atomic E-state index is 0.00314. The van der Waals surface area contributed by atoms with Crippen LogP contribution in [0, 0.1) is 23.0 Å². The van der Waals surface area contributed by atoms with Crippen molar-refractivity contribution < 1.29 is 8.78 Å². The Kier molecular flexibility index (Phi) is 4.07. The molecule has 1 fully saturated rings. The Morgan fingerprint density at radius 3 is 2.56 bits per heavy atom. The van der Waals surface area contributed by atoms with Gasteiger partial charge in [-0.2, -0.15) is 17.0 Å². The van der Waals surface area contributed by atoms with E-state index in [1.165, 1.54) is 0 Å². The molecule has 0 bridgehead atoms. The van der Waals surface area contributed by atoms with Gasteiger partial charge in [0.05, 0.1) is 11.6 Å². The molecular weight excluding hydrogens is 254 g/mol. The van der Waals surface area contributed by atoms with Crippen molar-refractivity contribution in [1.82, 2.24) is 0 Å². The molecule has 2 atom stereocenters. The highest BCUT2D eigenvalue weighted by molar-refractivity contribution is 7.99. The van der Waals surface area contributed by atoms with E-state index in [1.807, 2.05) is 6.26 Å². The average Bonchev–Trinajstić information content (AvgIpc) is 2.80. The van der Waals surface area contributed by atoms with E-state index in [1.54, 1.807) is 17.8 Å². The van der Waals surface area contributed by atoms with E-state index in [0.29, 0.717) is 5.25 Å². The first kappa shape index (κ1) is 13.2. The first-order valence-electron chi connectivity index (χ1n) is 5.84. The Morgan fingerprint density at radius 1 is 1.33 bits per heavy atom. The SMILES string of the molecule is CSC1CCCC1Nc1c(F)cc(C#N)cc1F. The van der Waals surface area contributed by atoms with E-state index in [9.17, 15) is 8.78 Å². The second-order valence-electron chi connectivity index (χ2n) is 4.38. The third-order valence-corrected chi connectivity index (χ3v) is 4.43. The van der Waals surface area contributed by atoms with E-state index in [-0.39, 0.29) is 17.3 Å². The van der Waals surface area contributed by atoms with Gasteiger partial charge in [0.1, 0.15) is 5.69 Å². The lowest BCUT2D eigenvalue weighted by atomic mass is 10.1. The van der Waals surface area contributed by atoms with E-state index < -0.39 is 11.6 Å². The largest absolute Gasteiger partial charge is 0.376 e. The topological polar surface area (TPSA) is 35.8 Å². The summed E-state index contributed by atoms with van der Waals surface area (Å²) in [6.07, 6.45) is 5.07. The summed E-state index contributed by atoms with van der Waals surface area (Å²) < 4.78 is 27.4. The molecule has 1 aliphatic rings. The van der Waals surface area contributed by atoms with Crippen LogP contribution in [-0.2, 0) is 0 Å². The Bertz CT molecular complexity index is 461. The summed E-state index contributed by atoms with van der Waals surface area (Å²) in [7, 11) is 0. The van der Waals surface area contributed by atoms with Crippen LogP contribution < -0.4 is 5.32 Å². The number of hydrogen-bond donors (Lipinski definition) is 1. The first-order chi connectivity index (χ1) is 8.65. The number of halogens is 2. The van der Waals surface area contributed by atoms with Crippen molar-refractivity contribution >= 4 is 17.4 Å². The van der Waals surface area contributed by atoms with Gasteiger partial charge in [0.2, 0.25) is 0 Å². The normalized spacial score (nSPS) is 22.8. The van der Waals surface area contributed by atoms with Gasteiger partial charge in [-0.25, -0.2) is 8.78 Å². The van der Waals surface area contributed by atoms with Gasteiger partial charge in [-0.3, -0.25) is 0 Å². The summed E-state index contributed by atoms with van der Waals surface area (Å²) in [5, 5.41) is 12.0. The Morgan fingerprint density at radius 2 is 2.00 bits per heavy atom. The number of benzene rings is 1. The highest BCUT2D eigenvalue weighted by Gasteiger charge is 2.28. The zero-order valence-corrected chi connectivity index (χ0v) is 10.9. The molecule has 2 unspecified atom stereocenters. The third kappa shape index (κ3) is 2.59. The second-order valence-corrected chi connectivity index (χ2v) is 5.46. The Balaban J connectivity index is 2.22. The number of thioether (sulfide) groups is 1. The van der Waals surface area contributed by atoms with Gasteiger partial charge >= 0.3 is 0 Å². The van der Waals surface area contributed by atoms with E-state index in [4.69, 9.17) is 5.26 Å². The van der Waals surface area contributed by atoms with Crippen molar-refractivity contribution in [2.45, 2.75) is 30.6 Å². The zero-order valence-electron chi connectivity index (χ0n) is 10.0. The fourth-order valence-electron chi connectivity index (χ4n) is 2.33. The molecule has 2 rings (SSSR count). The maximum absolute atomic E-state index is 13.7. The van der Waals surface area contributed by atoms with Gasteiger partial charge in [0.15, 0.2) is 11.6 Å². The number of nitrogens with one attached hydrogen (secondary N) is 1. The molecule has 5 heteroatoms. The van der Waals surface area contributed by atoms with Gasteiger partial charge < -0.3 is 5.32 Å². The van der Waals surface area contributed by atoms with Crippen LogP contribution in [0.1, 0.15) is 24.8 Å². The lowest BCUT2D eigenvalue weighted by Gasteiger charge is -2.21. The first-order valence-corrected chi connectivity index (χ1v) is 7.13. The summed E-state index contributed by atoms with van der Waals surface area (Å²) in [6, 6.07) is 3.96. The predicted molar refractivity (Wildman–Crippen MR) is 69.6 cm³/mol. The number of nitrogens with zero attached hydrogens (tertiary/aromatic N) is 1. The van der Waals surface area contributed by atoms with Gasteiger partial charge in [0.25, 0.3) is 0 Å². The maximum Gasteiger partial charge on any atom is 0.150 e. The minimum Gasteiger partial charge on any atom is -0.376 e. The van der Waals surface area contributed by atoms with Crippen LogP contribution in [0.2, 0.25) is 0 Å². The number of nitriles is 1. The highest BCUT2D eigenvalue weighted by atomic mass is 32.2. The van der Waals surface area contributed by atoms with Crippen LogP contribution in [0.5, 0.6) is 0 Å². The molecule has 0 heterocycles. The van der Waals surface area contributed by atoms with E-state index in [0.717, 1.165) is 31.4 Å². The monoisotopic (exact) mass is 268 g/mol. The van der Waals surface area contributed by atoms with Gasteiger partial charge in [0, 0.05) is 11.3 Å². The van der Waals surface area contributed by atoms with Crippen molar-refractivity contribution in [3.63, 3.8) is 0 Å². The van der Waals surface area contributed by atoms with Crippen molar-refractivity contribution in [1.29, 1.82) is 5.26 Å². The smallest absolute Gasteiger partial charge is 0.150 e. The fourth-order valence-corrected chi connectivity index (χ4v) is 3.27. The molecule has 1 N–H and O–H groups in total. The number of rotatable bonds is 3. The molecule has 0 aromatic heterocycles. The molecule has 1 aromatic carbocycles. The Hall–Kier alpha value is -1.28. The number of anilines is 1. The molecule has 1 saturated carbocycles. The van der Waals surface area contributed by atoms with Crippen LogP contribution in [0.3, 0.4) is 0 Å². The number of hydrogen-bond acceptors (Lipinski definition) is 3. The van der Waals surface area contributed by atoms with Crippen LogP contribution in [0.25, 0.3) is 0 Å². The van der Waals surface area contributed by atoms with Crippen LogP contribution >= 0.6 is 11.8 Å². The predicted octanol–water partition coefficient (Wildman–Crippen LogP) is 3.53. The molecule has 0 amide bonds. The summed E-state index contributed by atoms with van der Waals surface area (Å²) in [5.41, 5.74) is -0.108. The minimum atomic E-state index is -0.696. The molecule has 1 aliphatic carbocycles. The lowest BCUT2D eigenvalue weighted by Crippen LogP contribution is -2.26. The molecular formula is C13H14F2N2S. The van der Waals surface area contributed by atoms with E-state index in [2.05, 4.69) is 5.32 Å². The molecule has 18 heavy (non-hydrogen) atoms. The van der Waals surface area contributed by atoms with Crippen LogP contribution in [0.15, 0.2) is 12.1 Å². The Labute approximate surface area is 109 Å². The van der Waals surface area contributed by atoms with Crippen LogP contribution in [0.4, 0.5) is 14.5 Å². The lowest BCUT2D eigenvalue weighted by molar-refractivity contribution is 0.581. The molecule has 1 aromatic rings. The summed E-state index contributed by atoms with van der Waals surface area (Å²) in [5.74, 6) is -1.39. The van der Waals surface area contributed by atoms with E-state index >= 15 is 0 Å². The molecule has 0 spiro atoms. The fraction of sp³-hybridized carbons (Fsp3) is 0.462. The zero-order chi connectivity index (χ0) is 13.1. The van der Waals surface area contributed by atoms with Gasteiger partial charge in [-0.05, 0) is 31.2 Å². The quantitative estimate of drug-likeness (QED) is 0.911. The molecule has 0 aliphatic heterocycles. The van der Waals surface area contributed by atoms with Crippen molar-refractivity contribution in [2.75, 3.05) is 11.6 Å².